The van der Waals surface area contributed by atoms with Crippen LogP contribution in [-0.4, -0.2) is 59.4 Å². The molecule has 27 heavy (non-hydrogen) atoms. The number of aryl methyl sites for hydroxylation is 1. The van der Waals surface area contributed by atoms with Crippen molar-refractivity contribution in [3.05, 3.63) is 59.2 Å². The van der Waals surface area contributed by atoms with Gasteiger partial charge in [0.2, 0.25) is 0 Å². The first kappa shape index (κ1) is 19.7. The number of piperazine rings is 1. The third-order valence-corrected chi connectivity index (χ3v) is 5.37. The first-order valence-electron chi connectivity index (χ1n) is 9.58. The highest BCUT2D eigenvalue weighted by atomic mass is 16.5. The number of aliphatic hydroxyl groups excluding tert-OH is 1. The van der Waals surface area contributed by atoms with Crippen molar-refractivity contribution >= 4 is 0 Å². The first-order valence-corrected chi connectivity index (χ1v) is 9.58. The van der Waals surface area contributed by atoms with Crippen molar-refractivity contribution in [3.8, 4) is 11.5 Å². The maximum atomic E-state index is 10.2. The topological polar surface area (TPSA) is 56.2 Å². The second-order valence-electron chi connectivity index (χ2n) is 7.32. The van der Waals surface area contributed by atoms with Crippen molar-refractivity contribution in [2.75, 3.05) is 33.4 Å². The molecular formula is C22H30N2O3. The summed E-state index contributed by atoms with van der Waals surface area (Å²) in [6.07, 6.45) is 0.750. The summed E-state index contributed by atoms with van der Waals surface area (Å²) in [5, 5.41) is 19.8. The zero-order valence-electron chi connectivity index (χ0n) is 16.3. The molecule has 1 fully saturated rings. The Labute approximate surface area is 161 Å². The van der Waals surface area contributed by atoms with Gasteiger partial charge in [0.15, 0.2) is 0 Å². The number of ether oxygens (including phenoxy) is 1. The Morgan fingerprint density at radius 2 is 1.85 bits per heavy atom. The van der Waals surface area contributed by atoms with Crippen molar-refractivity contribution < 1.29 is 14.9 Å². The SMILES string of the molecule is COc1cccc(O)c1CN1CCN(Cc2ccc(C)cc2)[C@@H](CCO)C1. The van der Waals surface area contributed by atoms with Gasteiger partial charge in [-0.15, -0.1) is 0 Å². The number of hydrogen-bond acceptors (Lipinski definition) is 5. The van der Waals surface area contributed by atoms with Gasteiger partial charge in [0.25, 0.3) is 0 Å². The standard InChI is InChI=1S/C22H30N2O3/c1-17-6-8-18(9-7-17)14-24-12-11-23(15-19(24)10-13-25)16-20-21(26)4-3-5-22(20)27-2/h3-9,19,25-26H,10-16H2,1-2H3/t19-/m0/s1. The molecule has 5 nitrogen and oxygen atoms in total. The van der Waals surface area contributed by atoms with Crippen LogP contribution in [0.15, 0.2) is 42.5 Å². The molecule has 0 radical (unpaired) electrons. The Kier molecular flexibility index (Phi) is 6.72. The first-order chi connectivity index (χ1) is 13.1. The lowest BCUT2D eigenvalue weighted by Crippen LogP contribution is -2.52. The molecule has 0 amide bonds. The lowest BCUT2D eigenvalue weighted by molar-refractivity contribution is 0.0493. The zero-order valence-corrected chi connectivity index (χ0v) is 16.3. The maximum Gasteiger partial charge on any atom is 0.127 e. The lowest BCUT2D eigenvalue weighted by Gasteiger charge is -2.41. The molecule has 0 saturated carbocycles. The third-order valence-electron chi connectivity index (χ3n) is 5.37. The quantitative estimate of drug-likeness (QED) is 0.785. The van der Waals surface area contributed by atoms with Gasteiger partial charge in [-0.05, 0) is 31.0 Å². The Bertz CT molecular complexity index is 733. The van der Waals surface area contributed by atoms with Crippen molar-refractivity contribution in [2.45, 2.75) is 32.5 Å². The predicted octanol–water partition coefficient (Wildman–Crippen LogP) is 2.78. The molecule has 1 atom stereocenters. The molecule has 1 aliphatic rings. The van der Waals surface area contributed by atoms with Crippen molar-refractivity contribution in [1.29, 1.82) is 0 Å². The van der Waals surface area contributed by atoms with Gasteiger partial charge in [0.05, 0.1) is 7.11 Å². The van der Waals surface area contributed by atoms with Crippen LogP contribution in [0.25, 0.3) is 0 Å². The van der Waals surface area contributed by atoms with Crippen LogP contribution in [0.1, 0.15) is 23.1 Å². The van der Waals surface area contributed by atoms with E-state index in [1.165, 1.54) is 11.1 Å². The summed E-state index contributed by atoms with van der Waals surface area (Å²) in [5.74, 6) is 0.992. The van der Waals surface area contributed by atoms with Crippen LogP contribution >= 0.6 is 0 Å². The Balaban J connectivity index is 1.68. The molecule has 2 aromatic rings. The van der Waals surface area contributed by atoms with E-state index in [1.54, 1.807) is 19.2 Å². The molecule has 0 unspecified atom stereocenters. The summed E-state index contributed by atoms with van der Waals surface area (Å²) in [6, 6.07) is 14.3. The summed E-state index contributed by atoms with van der Waals surface area (Å²) < 4.78 is 5.41. The highest BCUT2D eigenvalue weighted by Crippen LogP contribution is 2.29. The number of phenols is 1. The van der Waals surface area contributed by atoms with Crippen LogP contribution in [0.2, 0.25) is 0 Å². The fourth-order valence-corrected chi connectivity index (χ4v) is 3.79. The van der Waals surface area contributed by atoms with E-state index >= 15 is 0 Å². The molecule has 1 aliphatic heterocycles. The van der Waals surface area contributed by atoms with Gasteiger partial charge in [-0.3, -0.25) is 9.80 Å². The minimum absolute atomic E-state index is 0.183. The lowest BCUT2D eigenvalue weighted by atomic mass is 10.0. The van der Waals surface area contributed by atoms with Crippen LogP contribution in [0, 0.1) is 6.92 Å². The molecule has 0 aromatic heterocycles. The number of nitrogens with zero attached hydrogens (tertiary/aromatic N) is 2. The second kappa shape index (κ2) is 9.22. The van der Waals surface area contributed by atoms with Gasteiger partial charge in [-0.1, -0.05) is 35.9 Å². The normalized spacial score (nSPS) is 18.6. The second-order valence-corrected chi connectivity index (χ2v) is 7.32. The number of hydrogen-bond donors (Lipinski definition) is 2. The Morgan fingerprint density at radius 1 is 1.07 bits per heavy atom. The monoisotopic (exact) mass is 370 g/mol. The fraction of sp³-hybridized carbons (Fsp3) is 0.455. The number of rotatable bonds is 7. The van der Waals surface area contributed by atoms with Crippen LogP contribution in [0.5, 0.6) is 11.5 Å². The van der Waals surface area contributed by atoms with E-state index in [4.69, 9.17) is 4.74 Å². The summed E-state index contributed by atoms with van der Waals surface area (Å²) >= 11 is 0. The molecule has 0 spiro atoms. The van der Waals surface area contributed by atoms with E-state index in [2.05, 4.69) is 41.0 Å². The van der Waals surface area contributed by atoms with Crippen molar-refractivity contribution in [2.24, 2.45) is 0 Å². The highest BCUT2D eigenvalue weighted by Gasteiger charge is 2.27. The highest BCUT2D eigenvalue weighted by molar-refractivity contribution is 5.43. The van der Waals surface area contributed by atoms with Gasteiger partial charge in [0.1, 0.15) is 11.5 Å². The molecule has 3 rings (SSSR count). The molecule has 5 heteroatoms. The number of methoxy groups -OCH3 is 1. The third kappa shape index (κ3) is 5.01. The number of benzene rings is 2. The van der Waals surface area contributed by atoms with Gasteiger partial charge < -0.3 is 14.9 Å². The average molecular weight is 370 g/mol. The van der Waals surface area contributed by atoms with E-state index in [-0.39, 0.29) is 12.4 Å². The zero-order chi connectivity index (χ0) is 19.2. The smallest absolute Gasteiger partial charge is 0.127 e. The molecule has 2 aromatic carbocycles. The molecule has 1 heterocycles. The Morgan fingerprint density at radius 3 is 2.56 bits per heavy atom. The van der Waals surface area contributed by atoms with Gasteiger partial charge in [-0.2, -0.15) is 0 Å². The molecule has 1 saturated heterocycles. The van der Waals surface area contributed by atoms with Gasteiger partial charge in [0, 0.05) is 50.9 Å². The average Bonchev–Trinajstić information content (AvgIpc) is 2.67. The van der Waals surface area contributed by atoms with Crippen LogP contribution in [0.3, 0.4) is 0 Å². The van der Waals surface area contributed by atoms with E-state index in [9.17, 15) is 10.2 Å². The minimum Gasteiger partial charge on any atom is -0.507 e. The van der Waals surface area contributed by atoms with E-state index in [1.807, 2.05) is 6.07 Å². The van der Waals surface area contributed by atoms with Crippen LogP contribution in [0.4, 0.5) is 0 Å². The molecule has 0 aliphatic carbocycles. The molecule has 146 valence electrons. The summed E-state index contributed by atoms with van der Waals surface area (Å²) in [4.78, 5) is 4.79. The maximum absolute atomic E-state index is 10.2. The molecule has 2 N–H and O–H groups in total. The molecule has 0 bridgehead atoms. The predicted molar refractivity (Wildman–Crippen MR) is 107 cm³/mol. The number of phenolic OH excluding ortho intramolecular Hbond substituents is 1. The summed E-state index contributed by atoms with van der Waals surface area (Å²) in [7, 11) is 1.63. The van der Waals surface area contributed by atoms with Crippen LogP contribution < -0.4 is 4.74 Å². The fourth-order valence-electron chi connectivity index (χ4n) is 3.79. The van der Waals surface area contributed by atoms with E-state index < -0.39 is 0 Å². The van der Waals surface area contributed by atoms with Crippen molar-refractivity contribution in [3.63, 3.8) is 0 Å². The van der Waals surface area contributed by atoms with E-state index in [0.29, 0.717) is 12.6 Å². The largest absolute Gasteiger partial charge is 0.507 e. The summed E-state index contributed by atoms with van der Waals surface area (Å²) in [5.41, 5.74) is 3.40. The Hall–Kier alpha value is -2.08. The minimum atomic E-state index is 0.183. The molecular weight excluding hydrogens is 340 g/mol. The number of aromatic hydroxyl groups is 1. The van der Waals surface area contributed by atoms with E-state index in [0.717, 1.165) is 43.9 Å². The number of aliphatic hydroxyl groups is 1. The van der Waals surface area contributed by atoms with Crippen LogP contribution in [-0.2, 0) is 13.1 Å². The van der Waals surface area contributed by atoms with Gasteiger partial charge in [-0.25, -0.2) is 0 Å². The van der Waals surface area contributed by atoms with Crippen molar-refractivity contribution in [1.82, 2.24) is 9.80 Å². The van der Waals surface area contributed by atoms with Gasteiger partial charge >= 0.3 is 0 Å². The summed E-state index contributed by atoms with van der Waals surface area (Å²) in [6.45, 7) is 6.56.